The van der Waals surface area contributed by atoms with Crippen LogP contribution in [0.2, 0.25) is 0 Å². The van der Waals surface area contributed by atoms with Gasteiger partial charge in [-0.1, -0.05) is 0 Å². The summed E-state index contributed by atoms with van der Waals surface area (Å²) in [7, 11) is 0. The summed E-state index contributed by atoms with van der Waals surface area (Å²) in [6.07, 6.45) is -8.56. The summed E-state index contributed by atoms with van der Waals surface area (Å²) >= 11 is 0. The van der Waals surface area contributed by atoms with E-state index in [0.717, 1.165) is 0 Å². The van der Waals surface area contributed by atoms with Crippen LogP contribution in [0.5, 0.6) is 0 Å². The highest BCUT2D eigenvalue weighted by atomic mass is 16.7. The Balaban J connectivity index is 2.61. The lowest BCUT2D eigenvalue weighted by atomic mass is 9.99. The van der Waals surface area contributed by atoms with Crippen molar-refractivity contribution < 1.29 is 39.8 Å². The Hall–Kier alpha value is -0.770. The minimum Gasteiger partial charge on any atom is -0.433 e. The van der Waals surface area contributed by atoms with Gasteiger partial charge in [-0.05, 0) is 6.92 Å². The topological polar surface area (TPSA) is 137 Å². The van der Waals surface area contributed by atoms with Crippen LogP contribution >= 0.6 is 0 Å². The number of carbonyl (C=O) groups is 1. The van der Waals surface area contributed by atoms with E-state index < -0.39 is 49.4 Å². The Morgan fingerprint density at radius 3 is 2.39 bits per heavy atom. The lowest BCUT2D eigenvalue weighted by molar-refractivity contribution is -0.293. The molecular formula is C10H18O8. The quantitative estimate of drug-likeness (QED) is 0.342. The van der Waals surface area contributed by atoms with Crippen LogP contribution in [0, 0.1) is 0 Å². The van der Waals surface area contributed by atoms with Gasteiger partial charge in [0, 0.05) is 0 Å². The molecule has 0 aromatic carbocycles. The van der Waals surface area contributed by atoms with Gasteiger partial charge < -0.3 is 35.0 Å². The molecule has 0 aromatic heterocycles. The number of esters is 1. The third kappa shape index (κ3) is 3.61. The van der Waals surface area contributed by atoms with Gasteiger partial charge in [0.15, 0.2) is 0 Å². The van der Waals surface area contributed by atoms with Crippen LogP contribution in [-0.2, 0) is 14.3 Å². The molecule has 1 saturated heterocycles. The molecular weight excluding hydrogens is 248 g/mol. The maximum absolute atomic E-state index is 11.3. The predicted molar refractivity (Wildman–Crippen MR) is 56.2 cm³/mol. The van der Waals surface area contributed by atoms with Crippen molar-refractivity contribution in [3.05, 3.63) is 0 Å². The van der Waals surface area contributed by atoms with Crippen molar-refractivity contribution in [3.8, 4) is 0 Å². The molecule has 18 heavy (non-hydrogen) atoms. The molecule has 8 nitrogen and oxygen atoms in total. The highest BCUT2D eigenvalue weighted by molar-refractivity contribution is 5.70. The van der Waals surface area contributed by atoms with Gasteiger partial charge in [0.05, 0.1) is 19.1 Å². The van der Waals surface area contributed by atoms with E-state index in [1.807, 2.05) is 0 Å². The molecule has 5 N–H and O–H groups in total. The molecule has 1 rings (SSSR count). The van der Waals surface area contributed by atoms with E-state index in [-0.39, 0.29) is 6.42 Å². The fourth-order valence-electron chi connectivity index (χ4n) is 1.58. The molecule has 0 amide bonds. The van der Waals surface area contributed by atoms with Crippen molar-refractivity contribution in [2.24, 2.45) is 0 Å². The van der Waals surface area contributed by atoms with Crippen LogP contribution in [0.1, 0.15) is 13.3 Å². The first-order chi connectivity index (χ1) is 8.36. The second kappa shape index (κ2) is 6.41. The molecule has 1 aliphatic rings. The van der Waals surface area contributed by atoms with E-state index in [4.69, 9.17) is 19.7 Å². The zero-order valence-corrected chi connectivity index (χ0v) is 9.84. The molecule has 0 bridgehead atoms. The Labute approximate surface area is 103 Å². The van der Waals surface area contributed by atoms with Crippen LogP contribution in [0.4, 0.5) is 0 Å². The first kappa shape index (κ1) is 15.3. The summed E-state index contributed by atoms with van der Waals surface area (Å²) in [5, 5.41) is 46.3. The minimum absolute atomic E-state index is 0.297. The van der Waals surface area contributed by atoms with Gasteiger partial charge in [0.2, 0.25) is 6.29 Å². The minimum atomic E-state index is -1.62. The van der Waals surface area contributed by atoms with E-state index in [1.54, 1.807) is 0 Å². The molecule has 1 unspecified atom stereocenters. The van der Waals surface area contributed by atoms with Crippen LogP contribution in [0.3, 0.4) is 0 Å². The lowest BCUT2D eigenvalue weighted by Crippen LogP contribution is -2.59. The molecule has 1 fully saturated rings. The van der Waals surface area contributed by atoms with Gasteiger partial charge in [0.25, 0.3) is 0 Å². The summed E-state index contributed by atoms with van der Waals surface area (Å²) in [4.78, 5) is 11.3. The van der Waals surface area contributed by atoms with E-state index >= 15 is 0 Å². The van der Waals surface area contributed by atoms with Crippen LogP contribution in [-0.4, -0.2) is 74.9 Å². The van der Waals surface area contributed by atoms with Gasteiger partial charge in [-0.3, -0.25) is 4.79 Å². The molecule has 0 aliphatic carbocycles. The van der Waals surface area contributed by atoms with Gasteiger partial charge in [-0.25, -0.2) is 0 Å². The maximum atomic E-state index is 11.3. The van der Waals surface area contributed by atoms with Gasteiger partial charge >= 0.3 is 5.97 Å². The van der Waals surface area contributed by atoms with Crippen molar-refractivity contribution in [2.75, 3.05) is 6.61 Å². The van der Waals surface area contributed by atoms with E-state index in [9.17, 15) is 20.1 Å². The first-order valence-corrected chi connectivity index (χ1v) is 5.55. The molecule has 106 valence electrons. The summed E-state index contributed by atoms with van der Waals surface area (Å²) in [6.45, 7) is 0.782. The highest BCUT2D eigenvalue weighted by Crippen LogP contribution is 2.22. The summed E-state index contributed by atoms with van der Waals surface area (Å²) in [5.74, 6) is -0.825. The fourth-order valence-corrected chi connectivity index (χ4v) is 1.58. The number of carbonyl (C=O) groups excluding carboxylic acids is 1. The molecule has 8 heteroatoms. The molecule has 0 saturated carbocycles. The summed E-state index contributed by atoms with van der Waals surface area (Å²) in [6, 6.07) is 0. The zero-order valence-electron chi connectivity index (χ0n) is 9.84. The van der Waals surface area contributed by atoms with Gasteiger partial charge in [-0.15, -0.1) is 0 Å². The molecule has 0 radical (unpaired) electrons. The van der Waals surface area contributed by atoms with Crippen molar-refractivity contribution in [1.29, 1.82) is 0 Å². The molecule has 0 aromatic rings. The second-order valence-corrected chi connectivity index (χ2v) is 4.24. The van der Waals surface area contributed by atoms with Gasteiger partial charge in [-0.2, -0.15) is 0 Å². The largest absolute Gasteiger partial charge is 0.433 e. The zero-order chi connectivity index (χ0) is 13.9. The second-order valence-electron chi connectivity index (χ2n) is 4.24. The molecule has 6 atom stereocenters. The molecule has 1 heterocycles. The molecule has 1 aliphatic heterocycles. The monoisotopic (exact) mass is 266 g/mol. The SMILES string of the molecule is CC(O)CC(=O)O[C@H]1O[C@H](CO)[C@@H](O)[C@H](O)[C@H]1O. The molecule has 0 spiro atoms. The lowest BCUT2D eigenvalue weighted by Gasteiger charge is -2.39. The summed E-state index contributed by atoms with van der Waals surface area (Å²) < 4.78 is 9.66. The maximum Gasteiger partial charge on any atom is 0.310 e. The number of ether oxygens (including phenoxy) is 2. The number of hydrogen-bond acceptors (Lipinski definition) is 8. The third-order valence-electron chi connectivity index (χ3n) is 2.56. The average molecular weight is 266 g/mol. The third-order valence-corrected chi connectivity index (χ3v) is 2.56. The first-order valence-electron chi connectivity index (χ1n) is 5.55. The number of rotatable bonds is 4. The Bertz CT molecular complexity index is 279. The van der Waals surface area contributed by atoms with Crippen molar-refractivity contribution in [2.45, 2.75) is 50.2 Å². The Morgan fingerprint density at radius 2 is 1.89 bits per heavy atom. The average Bonchev–Trinajstić information content (AvgIpc) is 2.29. The van der Waals surface area contributed by atoms with E-state index in [1.165, 1.54) is 6.92 Å². The van der Waals surface area contributed by atoms with Gasteiger partial charge in [0.1, 0.15) is 24.4 Å². The Morgan fingerprint density at radius 1 is 1.28 bits per heavy atom. The standard InChI is InChI=1S/C10H18O8/c1-4(12)2-6(13)18-10-9(16)8(15)7(14)5(3-11)17-10/h4-5,7-12,14-16H,2-3H2,1H3/t4?,5-,7-,8+,9-,10-/m1/s1. The highest BCUT2D eigenvalue weighted by Gasteiger charge is 2.45. The van der Waals surface area contributed by atoms with E-state index in [2.05, 4.69) is 0 Å². The van der Waals surface area contributed by atoms with E-state index in [0.29, 0.717) is 0 Å². The van der Waals surface area contributed by atoms with Crippen molar-refractivity contribution >= 4 is 5.97 Å². The van der Waals surface area contributed by atoms with Crippen molar-refractivity contribution in [3.63, 3.8) is 0 Å². The number of hydrogen-bond donors (Lipinski definition) is 5. The number of aliphatic hydroxyl groups is 5. The normalized spacial score (nSPS) is 38.2. The fraction of sp³-hybridized carbons (Fsp3) is 0.900. The Kier molecular flexibility index (Phi) is 5.45. The van der Waals surface area contributed by atoms with Crippen molar-refractivity contribution in [1.82, 2.24) is 0 Å². The van der Waals surface area contributed by atoms with Crippen LogP contribution in [0.25, 0.3) is 0 Å². The summed E-state index contributed by atoms with van der Waals surface area (Å²) in [5.41, 5.74) is 0. The number of aliphatic hydroxyl groups excluding tert-OH is 5. The van der Waals surface area contributed by atoms with Crippen LogP contribution in [0.15, 0.2) is 0 Å². The predicted octanol–water partition coefficient (Wildman–Crippen LogP) is -2.90. The van der Waals surface area contributed by atoms with Crippen LogP contribution < -0.4 is 0 Å². The smallest absolute Gasteiger partial charge is 0.310 e.